The number of aromatic nitrogens is 4. The largest absolute Gasteiger partial charge is 0.370 e. The van der Waals surface area contributed by atoms with Gasteiger partial charge in [-0.3, -0.25) is 4.68 Å². The van der Waals surface area contributed by atoms with Gasteiger partial charge in [0.1, 0.15) is 17.5 Å². The van der Waals surface area contributed by atoms with Crippen LogP contribution in [0.5, 0.6) is 0 Å². The van der Waals surface area contributed by atoms with E-state index in [4.69, 9.17) is 0 Å². The van der Waals surface area contributed by atoms with Crippen LogP contribution < -0.4 is 10.6 Å². The molecule has 2 heterocycles. The van der Waals surface area contributed by atoms with Crippen LogP contribution in [0, 0.1) is 6.92 Å². The molecular weight excluding hydrogens is 264 g/mol. The molecule has 6 heteroatoms. The summed E-state index contributed by atoms with van der Waals surface area (Å²) in [5.74, 6) is 2.85. The van der Waals surface area contributed by atoms with E-state index in [-0.39, 0.29) is 0 Å². The molecule has 0 saturated carbocycles. The predicted molar refractivity (Wildman–Crippen MR) is 85.6 cm³/mol. The van der Waals surface area contributed by atoms with Crippen LogP contribution in [0.4, 0.5) is 11.6 Å². The molecule has 0 aliphatic heterocycles. The summed E-state index contributed by atoms with van der Waals surface area (Å²) < 4.78 is 1.83. The average molecular weight is 288 g/mol. The molecule has 0 fully saturated rings. The molecule has 2 rings (SSSR count). The number of anilines is 2. The first-order valence-electron chi connectivity index (χ1n) is 7.35. The van der Waals surface area contributed by atoms with Crippen molar-refractivity contribution in [2.75, 3.05) is 17.2 Å². The van der Waals surface area contributed by atoms with Gasteiger partial charge in [0.05, 0.1) is 5.69 Å². The van der Waals surface area contributed by atoms with Crippen LogP contribution in [-0.4, -0.2) is 26.3 Å². The minimum Gasteiger partial charge on any atom is -0.370 e. The molecule has 0 spiro atoms. The molecule has 0 radical (unpaired) electrons. The standard InChI is InChI=1S/C15H24N6/c1-6-16-13-7-14(19-15(18-13)10(2)3)17-8-12-9-21(5)20-11(12)4/h7,9-10H,6,8H2,1-5H3,(H2,16,17,18,19). The van der Waals surface area contributed by atoms with Crippen molar-refractivity contribution in [3.05, 3.63) is 29.3 Å². The highest BCUT2D eigenvalue weighted by atomic mass is 15.3. The van der Waals surface area contributed by atoms with Crippen LogP contribution in [0.3, 0.4) is 0 Å². The second-order valence-electron chi connectivity index (χ2n) is 5.45. The molecule has 0 amide bonds. The van der Waals surface area contributed by atoms with Crippen LogP contribution in [-0.2, 0) is 13.6 Å². The molecule has 6 nitrogen and oxygen atoms in total. The zero-order valence-corrected chi connectivity index (χ0v) is 13.4. The van der Waals surface area contributed by atoms with E-state index >= 15 is 0 Å². The van der Waals surface area contributed by atoms with Crippen LogP contribution in [0.25, 0.3) is 0 Å². The monoisotopic (exact) mass is 288 g/mol. The van der Waals surface area contributed by atoms with Gasteiger partial charge >= 0.3 is 0 Å². The average Bonchev–Trinajstić information content (AvgIpc) is 2.75. The van der Waals surface area contributed by atoms with E-state index < -0.39 is 0 Å². The fraction of sp³-hybridized carbons (Fsp3) is 0.533. The summed E-state index contributed by atoms with van der Waals surface area (Å²) in [4.78, 5) is 9.10. The Labute approximate surface area is 126 Å². The second kappa shape index (κ2) is 6.56. The second-order valence-corrected chi connectivity index (χ2v) is 5.45. The van der Waals surface area contributed by atoms with E-state index in [1.807, 2.05) is 30.9 Å². The molecule has 0 atom stereocenters. The first-order chi connectivity index (χ1) is 9.99. The summed E-state index contributed by atoms with van der Waals surface area (Å²) in [7, 11) is 1.93. The highest BCUT2D eigenvalue weighted by Crippen LogP contribution is 2.18. The summed E-state index contributed by atoms with van der Waals surface area (Å²) in [6, 6.07) is 1.95. The lowest BCUT2D eigenvalue weighted by molar-refractivity contribution is 0.756. The molecule has 114 valence electrons. The number of hydrogen-bond donors (Lipinski definition) is 2. The molecule has 0 bridgehead atoms. The third-order valence-electron chi connectivity index (χ3n) is 3.19. The first kappa shape index (κ1) is 15.3. The predicted octanol–water partition coefficient (Wildman–Crippen LogP) is 2.69. The number of aryl methyl sites for hydroxylation is 2. The number of nitrogens with zero attached hydrogens (tertiary/aromatic N) is 4. The number of hydrogen-bond acceptors (Lipinski definition) is 5. The van der Waals surface area contributed by atoms with E-state index in [0.717, 1.165) is 29.7 Å². The van der Waals surface area contributed by atoms with Gasteiger partial charge in [0.15, 0.2) is 0 Å². The smallest absolute Gasteiger partial charge is 0.135 e. The summed E-state index contributed by atoms with van der Waals surface area (Å²) in [5.41, 5.74) is 2.21. The number of rotatable bonds is 6. The summed E-state index contributed by atoms with van der Waals surface area (Å²) >= 11 is 0. The summed E-state index contributed by atoms with van der Waals surface area (Å²) in [6.07, 6.45) is 2.03. The van der Waals surface area contributed by atoms with Crippen LogP contribution in [0.2, 0.25) is 0 Å². The van der Waals surface area contributed by atoms with Crippen molar-refractivity contribution in [2.24, 2.45) is 7.05 Å². The fourth-order valence-corrected chi connectivity index (χ4v) is 2.09. The normalized spacial score (nSPS) is 11.0. The summed E-state index contributed by atoms with van der Waals surface area (Å²) in [5, 5.41) is 11.0. The van der Waals surface area contributed by atoms with Gasteiger partial charge in [-0.05, 0) is 13.8 Å². The SMILES string of the molecule is CCNc1cc(NCc2cn(C)nc2C)nc(C(C)C)n1. The molecule has 2 aromatic heterocycles. The van der Waals surface area contributed by atoms with Gasteiger partial charge in [-0.25, -0.2) is 9.97 Å². The Kier molecular flexibility index (Phi) is 4.77. The van der Waals surface area contributed by atoms with Gasteiger partial charge in [-0.15, -0.1) is 0 Å². The van der Waals surface area contributed by atoms with E-state index in [1.165, 1.54) is 5.56 Å². The maximum Gasteiger partial charge on any atom is 0.135 e. The molecule has 2 N–H and O–H groups in total. The first-order valence-corrected chi connectivity index (χ1v) is 7.35. The Bertz CT molecular complexity index is 602. The Morgan fingerprint density at radius 3 is 2.38 bits per heavy atom. The quantitative estimate of drug-likeness (QED) is 0.855. The topological polar surface area (TPSA) is 67.7 Å². The van der Waals surface area contributed by atoms with Crippen molar-refractivity contribution in [1.82, 2.24) is 19.7 Å². The zero-order valence-electron chi connectivity index (χ0n) is 13.4. The van der Waals surface area contributed by atoms with E-state index in [1.54, 1.807) is 0 Å². The Balaban J connectivity index is 2.16. The zero-order chi connectivity index (χ0) is 15.4. The summed E-state index contributed by atoms with van der Waals surface area (Å²) in [6.45, 7) is 9.82. The molecule has 0 aliphatic rings. The maximum atomic E-state index is 4.58. The lowest BCUT2D eigenvalue weighted by atomic mass is 10.2. The third kappa shape index (κ3) is 3.93. The van der Waals surface area contributed by atoms with Gasteiger partial charge in [-0.1, -0.05) is 13.8 Å². The lowest BCUT2D eigenvalue weighted by Gasteiger charge is -2.12. The maximum absolute atomic E-state index is 4.58. The van der Waals surface area contributed by atoms with E-state index in [0.29, 0.717) is 12.5 Å². The third-order valence-corrected chi connectivity index (χ3v) is 3.19. The van der Waals surface area contributed by atoms with E-state index in [9.17, 15) is 0 Å². The van der Waals surface area contributed by atoms with Crippen molar-refractivity contribution in [3.63, 3.8) is 0 Å². The van der Waals surface area contributed by atoms with Gasteiger partial charge in [-0.2, -0.15) is 5.10 Å². The van der Waals surface area contributed by atoms with Crippen molar-refractivity contribution in [1.29, 1.82) is 0 Å². The molecule has 0 aliphatic carbocycles. The minimum absolute atomic E-state index is 0.296. The molecule has 0 aromatic carbocycles. The molecular formula is C15H24N6. The van der Waals surface area contributed by atoms with Gasteiger partial charge < -0.3 is 10.6 Å². The molecule has 0 saturated heterocycles. The highest BCUT2D eigenvalue weighted by molar-refractivity contribution is 5.48. The van der Waals surface area contributed by atoms with Crippen molar-refractivity contribution < 1.29 is 0 Å². The van der Waals surface area contributed by atoms with Crippen molar-refractivity contribution >= 4 is 11.6 Å². The van der Waals surface area contributed by atoms with E-state index in [2.05, 4.69) is 46.5 Å². The molecule has 21 heavy (non-hydrogen) atoms. The van der Waals surface area contributed by atoms with Crippen molar-refractivity contribution in [3.8, 4) is 0 Å². The van der Waals surface area contributed by atoms with Crippen LogP contribution in [0.15, 0.2) is 12.3 Å². The molecule has 0 unspecified atom stereocenters. The molecule has 2 aromatic rings. The van der Waals surface area contributed by atoms with Crippen molar-refractivity contribution in [2.45, 2.75) is 40.2 Å². The lowest BCUT2D eigenvalue weighted by Crippen LogP contribution is -2.09. The minimum atomic E-state index is 0.296. The van der Waals surface area contributed by atoms with Gasteiger partial charge in [0, 0.05) is 43.9 Å². The Morgan fingerprint density at radius 1 is 1.19 bits per heavy atom. The van der Waals surface area contributed by atoms with Gasteiger partial charge in [0.25, 0.3) is 0 Å². The van der Waals surface area contributed by atoms with Crippen LogP contribution in [0.1, 0.15) is 43.8 Å². The van der Waals surface area contributed by atoms with Gasteiger partial charge in [0.2, 0.25) is 0 Å². The Morgan fingerprint density at radius 2 is 1.86 bits per heavy atom. The number of nitrogens with one attached hydrogen (secondary N) is 2. The highest BCUT2D eigenvalue weighted by Gasteiger charge is 2.09. The van der Waals surface area contributed by atoms with Crippen LogP contribution >= 0.6 is 0 Å². The Hall–Kier alpha value is -2.11. The fourth-order valence-electron chi connectivity index (χ4n) is 2.09.